The van der Waals surface area contributed by atoms with Crippen molar-refractivity contribution in [3.05, 3.63) is 69.7 Å². The Balaban J connectivity index is 0.000000219. The monoisotopic (exact) mass is 314 g/mol. The van der Waals surface area contributed by atoms with Crippen molar-refractivity contribution in [1.82, 2.24) is 0 Å². The van der Waals surface area contributed by atoms with Crippen molar-refractivity contribution in [3.63, 3.8) is 0 Å². The first kappa shape index (κ1) is 17.2. The molecular formula is C16H14ClF3O. The molecule has 0 bridgehead atoms. The van der Waals surface area contributed by atoms with E-state index in [0.29, 0.717) is 0 Å². The minimum Gasteiger partial charge on any atom is -0.298 e. The van der Waals surface area contributed by atoms with E-state index in [1.807, 2.05) is 26.0 Å². The first-order valence-corrected chi connectivity index (χ1v) is 6.47. The highest BCUT2D eigenvalue weighted by Gasteiger charge is 2.32. The number of hydrogen-bond donors (Lipinski definition) is 0. The molecule has 2 aromatic carbocycles. The van der Waals surface area contributed by atoms with Gasteiger partial charge in [-0.3, -0.25) is 4.79 Å². The van der Waals surface area contributed by atoms with Gasteiger partial charge in [-0.2, -0.15) is 13.2 Å². The van der Waals surface area contributed by atoms with Crippen LogP contribution in [-0.2, 0) is 6.18 Å². The summed E-state index contributed by atoms with van der Waals surface area (Å²) < 4.78 is 36.2. The summed E-state index contributed by atoms with van der Waals surface area (Å²) in [6.07, 6.45) is -4.25. The molecule has 0 saturated heterocycles. The Morgan fingerprint density at radius 3 is 2.10 bits per heavy atom. The van der Waals surface area contributed by atoms with Crippen molar-refractivity contribution in [1.29, 1.82) is 0 Å². The van der Waals surface area contributed by atoms with Crippen molar-refractivity contribution in [3.8, 4) is 0 Å². The molecule has 0 N–H and O–H groups in total. The highest BCUT2D eigenvalue weighted by Crippen LogP contribution is 2.30. The zero-order chi connectivity index (χ0) is 16.0. The lowest BCUT2D eigenvalue weighted by Crippen LogP contribution is -2.08. The molecular weight excluding hydrogens is 301 g/mol. The summed E-state index contributed by atoms with van der Waals surface area (Å²) in [7, 11) is 0. The predicted octanol–water partition coefficient (Wildman–Crippen LogP) is 5.47. The zero-order valence-electron chi connectivity index (χ0n) is 11.5. The molecule has 0 aliphatic carbocycles. The molecule has 2 rings (SSSR count). The van der Waals surface area contributed by atoms with Crippen LogP contribution in [0, 0.1) is 13.8 Å². The summed E-state index contributed by atoms with van der Waals surface area (Å²) in [6.45, 7) is 4.03. The molecule has 0 saturated carbocycles. The maximum Gasteiger partial charge on any atom is 0.417 e. The Kier molecular flexibility index (Phi) is 5.97. The molecule has 0 aliphatic rings. The van der Waals surface area contributed by atoms with E-state index < -0.39 is 11.7 Å². The van der Waals surface area contributed by atoms with Crippen molar-refractivity contribution in [2.75, 3.05) is 0 Å². The smallest absolute Gasteiger partial charge is 0.298 e. The lowest BCUT2D eigenvalue weighted by Gasteiger charge is -2.07. The van der Waals surface area contributed by atoms with E-state index in [2.05, 4.69) is 6.07 Å². The molecule has 0 fully saturated rings. The van der Waals surface area contributed by atoms with Crippen molar-refractivity contribution < 1.29 is 18.0 Å². The van der Waals surface area contributed by atoms with Gasteiger partial charge in [0.05, 0.1) is 5.56 Å². The molecule has 0 amide bonds. The van der Waals surface area contributed by atoms with Gasteiger partial charge in [0, 0.05) is 10.6 Å². The van der Waals surface area contributed by atoms with Crippen LogP contribution in [0.2, 0.25) is 5.02 Å². The Morgan fingerprint density at radius 2 is 1.67 bits per heavy atom. The second-order valence-corrected chi connectivity index (χ2v) is 4.86. The van der Waals surface area contributed by atoms with E-state index in [-0.39, 0.29) is 11.8 Å². The fraction of sp³-hybridized carbons (Fsp3) is 0.188. The van der Waals surface area contributed by atoms with Gasteiger partial charge in [0.2, 0.25) is 0 Å². The van der Waals surface area contributed by atoms with Gasteiger partial charge in [-0.05, 0) is 37.1 Å². The lowest BCUT2D eigenvalue weighted by atomic mass is 10.1. The number of hydrogen-bond acceptors (Lipinski definition) is 1. The van der Waals surface area contributed by atoms with E-state index in [1.165, 1.54) is 17.7 Å². The van der Waals surface area contributed by atoms with Crippen LogP contribution in [0.1, 0.15) is 27.0 Å². The normalized spacial score (nSPS) is 10.6. The van der Waals surface area contributed by atoms with Crippen LogP contribution in [0.3, 0.4) is 0 Å². The number of carbonyl (C=O) groups is 1. The Bertz CT molecular complexity index is 621. The minimum atomic E-state index is -4.45. The van der Waals surface area contributed by atoms with E-state index in [1.54, 1.807) is 0 Å². The van der Waals surface area contributed by atoms with E-state index in [0.717, 1.165) is 22.7 Å². The Labute approximate surface area is 126 Å². The van der Waals surface area contributed by atoms with Crippen LogP contribution in [0.15, 0.2) is 42.5 Å². The summed E-state index contributed by atoms with van der Waals surface area (Å²) in [5, 5.41) is 0.856. The number of halogens is 4. The number of rotatable bonds is 1. The van der Waals surface area contributed by atoms with Crippen LogP contribution in [0.5, 0.6) is 0 Å². The van der Waals surface area contributed by atoms with Gasteiger partial charge in [-0.15, -0.1) is 0 Å². The lowest BCUT2D eigenvalue weighted by molar-refractivity contribution is -0.137. The molecule has 0 spiro atoms. The van der Waals surface area contributed by atoms with Gasteiger partial charge in [-0.25, -0.2) is 0 Å². The summed E-state index contributed by atoms with van der Waals surface area (Å²) in [4.78, 5) is 10.2. The van der Waals surface area contributed by atoms with Gasteiger partial charge in [0.1, 0.15) is 0 Å². The molecule has 0 aliphatic heterocycles. The molecule has 5 heteroatoms. The number of aryl methyl sites for hydroxylation is 2. The number of alkyl halides is 3. The average molecular weight is 315 g/mol. The third kappa shape index (κ3) is 5.23. The third-order valence-corrected chi connectivity index (χ3v) is 3.13. The largest absolute Gasteiger partial charge is 0.417 e. The first-order chi connectivity index (χ1) is 9.75. The fourth-order valence-corrected chi connectivity index (χ4v) is 1.79. The summed E-state index contributed by atoms with van der Waals surface area (Å²) in [6, 6.07) is 10.7. The maximum atomic E-state index is 12.1. The quantitative estimate of drug-likeness (QED) is 0.637. The van der Waals surface area contributed by atoms with Crippen LogP contribution in [0.4, 0.5) is 13.2 Å². The van der Waals surface area contributed by atoms with Crippen molar-refractivity contribution >= 4 is 17.9 Å². The standard InChI is InChI=1S/C8H9Cl.C8H5F3O/c1-6-3-4-7(2)8(9)5-6;9-8(10,11)7-4-2-1-3-6(7)5-12/h3-5H,1-2H3;1-5H. The fourth-order valence-electron chi connectivity index (χ4n) is 1.56. The van der Waals surface area contributed by atoms with Gasteiger partial charge in [0.15, 0.2) is 6.29 Å². The third-order valence-electron chi connectivity index (χ3n) is 2.72. The van der Waals surface area contributed by atoms with Crippen LogP contribution < -0.4 is 0 Å². The molecule has 0 heterocycles. The topological polar surface area (TPSA) is 17.1 Å². The minimum absolute atomic E-state index is 0.197. The first-order valence-electron chi connectivity index (χ1n) is 6.10. The predicted molar refractivity (Wildman–Crippen MR) is 77.8 cm³/mol. The highest BCUT2D eigenvalue weighted by molar-refractivity contribution is 6.31. The second-order valence-electron chi connectivity index (χ2n) is 4.46. The van der Waals surface area contributed by atoms with Gasteiger partial charge >= 0.3 is 6.18 Å². The molecule has 112 valence electrons. The van der Waals surface area contributed by atoms with Crippen molar-refractivity contribution in [2.24, 2.45) is 0 Å². The SMILES string of the molecule is Cc1ccc(C)c(Cl)c1.O=Cc1ccccc1C(F)(F)F. The zero-order valence-corrected chi connectivity index (χ0v) is 12.3. The van der Waals surface area contributed by atoms with Gasteiger partial charge in [0.25, 0.3) is 0 Å². The Hall–Kier alpha value is -1.81. The molecule has 0 aromatic heterocycles. The van der Waals surface area contributed by atoms with E-state index in [4.69, 9.17) is 11.6 Å². The van der Waals surface area contributed by atoms with Crippen LogP contribution in [-0.4, -0.2) is 6.29 Å². The number of benzene rings is 2. The maximum absolute atomic E-state index is 12.1. The summed E-state index contributed by atoms with van der Waals surface area (Å²) in [5.41, 5.74) is 1.14. The van der Waals surface area contributed by atoms with E-state index >= 15 is 0 Å². The molecule has 0 unspecified atom stereocenters. The molecule has 0 atom stereocenters. The number of carbonyl (C=O) groups excluding carboxylic acids is 1. The molecule has 21 heavy (non-hydrogen) atoms. The Morgan fingerprint density at radius 1 is 1.05 bits per heavy atom. The highest BCUT2D eigenvalue weighted by atomic mass is 35.5. The van der Waals surface area contributed by atoms with Crippen LogP contribution >= 0.6 is 11.6 Å². The van der Waals surface area contributed by atoms with Crippen molar-refractivity contribution in [2.45, 2.75) is 20.0 Å². The van der Waals surface area contributed by atoms with Crippen LogP contribution in [0.25, 0.3) is 0 Å². The average Bonchev–Trinajstić information content (AvgIpc) is 2.43. The van der Waals surface area contributed by atoms with Gasteiger partial charge < -0.3 is 0 Å². The summed E-state index contributed by atoms with van der Waals surface area (Å²) in [5.74, 6) is 0. The second kappa shape index (κ2) is 7.27. The molecule has 2 aromatic rings. The number of aldehydes is 1. The summed E-state index contributed by atoms with van der Waals surface area (Å²) >= 11 is 5.81. The molecule has 1 nitrogen and oxygen atoms in total. The molecule has 0 radical (unpaired) electrons. The van der Waals surface area contributed by atoms with E-state index in [9.17, 15) is 18.0 Å². The van der Waals surface area contributed by atoms with Gasteiger partial charge in [-0.1, -0.05) is 41.9 Å².